The Morgan fingerprint density at radius 1 is 0.809 bits per heavy atom. The number of fused-ring (bicyclic) bond motifs is 5. The summed E-state index contributed by atoms with van der Waals surface area (Å²) in [4.78, 5) is 73.6. The zero-order chi connectivity index (χ0) is 48.1. The number of allylic oxidation sites excluding steroid dienone is 1. The number of amides is 4. The van der Waals surface area contributed by atoms with E-state index < -0.39 is 36.3 Å². The maximum Gasteiger partial charge on any atom is 0.407 e. The molecule has 3 aliphatic heterocycles. The number of aromatic amines is 2. The Hall–Kier alpha value is -6.95. The van der Waals surface area contributed by atoms with E-state index in [9.17, 15) is 19.2 Å². The number of nitrogens with zero attached hydrogens (tertiary/aromatic N) is 5. The van der Waals surface area contributed by atoms with Crippen molar-refractivity contribution in [3.63, 3.8) is 0 Å². The number of methoxy groups -OCH3 is 2. The molecule has 16 nitrogen and oxygen atoms in total. The summed E-state index contributed by atoms with van der Waals surface area (Å²) in [5.74, 6) is 0.362. The van der Waals surface area contributed by atoms with Gasteiger partial charge in [0.2, 0.25) is 18.0 Å². The molecule has 3 unspecified atom stereocenters. The fraction of sp³-hybridized carbons (Fsp3) is 0.400. The molecule has 7 heterocycles. The van der Waals surface area contributed by atoms with E-state index in [1.807, 2.05) is 81.7 Å². The molecule has 0 spiro atoms. The number of rotatable bonds is 12. The van der Waals surface area contributed by atoms with E-state index in [2.05, 4.69) is 27.2 Å². The summed E-state index contributed by atoms with van der Waals surface area (Å²) in [6, 6.07) is 13.2. The summed E-state index contributed by atoms with van der Waals surface area (Å²) in [5, 5.41) is 6.24. The lowest BCUT2D eigenvalue weighted by atomic mass is 10.0. The van der Waals surface area contributed by atoms with Gasteiger partial charge in [-0.15, -0.1) is 11.3 Å². The molecule has 4 N–H and O–H groups in total. The number of ether oxygens (including phenoxy) is 3. The van der Waals surface area contributed by atoms with Gasteiger partial charge in [0.05, 0.1) is 71.7 Å². The summed E-state index contributed by atoms with van der Waals surface area (Å²) in [6.45, 7) is 14.7. The summed E-state index contributed by atoms with van der Waals surface area (Å²) >= 11 is 1.57. The average molecular weight is 946 g/mol. The van der Waals surface area contributed by atoms with Crippen molar-refractivity contribution < 1.29 is 37.8 Å². The highest BCUT2D eigenvalue weighted by Gasteiger charge is 2.40. The highest BCUT2D eigenvalue weighted by atomic mass is 32.1. The molecule has 0 bridgehead atoms. The lowest BCUT2D eigenvalue weighted by Crippen LogP contribution is -2.51. The predicted molar refractivity (Wildman–Crippen MR) is 256 cm³/mol. The Kier molecular flexibility index (Phi) is 12.6. The van der Waals surface area contributed by atoms with Crippen molar-refractivity contribution in [3.8, 4) is 39.5 Å². The second kappa shape index (κ2) is 18.6. The van der Waals surface area contributed by atoms with Gasteiger partial charge in [-0.25, -0.2) is 23.9 Å². The molecule has 3 aliphatic rings. The van der Waals surface area contributed by atoms with Gasteiger partial charge in [-0.2, -0.15) is 0 Å². The Labute approximate surface area is 397 Å². The van der Waals surface area contributed by atoms with Gasteiger partial charge in [0.1, 0.15) is 35.3 Å². The number of carbonyl (C=O) groups excluding carboxylic acids is 4. The molecule has 68 heavy (non-hydrogen) atoms. The molecular weight excluding hydrogens is 890 g/mol. The van der Waals surface area contributed by atoms with Gasteiger partial charge >= 0.3 is 12.2 Å². The first-order valence-corrected chi connectivity index (χ1v) is 23.8. The highest BCUT2D eigenvalue weighted by molar-refractivity contribution is 7.13. The average Bonchev–Trinajstić information content (AvgIpc) is 4.18. The van der Waals surface area contributed by atoms with E-state index in [1.54, 1.807) is 33.5 Å². The van der Waals surface area contributed by atoms with Gasteiger partial charge in [0.15, 0.2) is 0 Å². The molecule has 0 radical (unpaired) electrons. The van der Waals surface area contributed by atoms with Crippen LogP contribution in [0.3, 0.4) is 0 Å². The van der Waals surface area contributed by atoms with Gasteiger partial charge in [0, 0.05) is 34.5 Å². The molecule has 356 valence electrons. The number of likely N-dealkylation sites (tertiary alicyclic amines) is 2. The number of alkyl carbamates (subject to hydrolysis) is 2. The minimum Gasteiger partial charge on any atom is -0.464 e. The van der Waals surface area contributed by atoms with Crippen LogP contribution in [0.5, 0.6) is 5.75 Å². The van der Waals surface area contributed by atoms with Crippen LogP contribution in [0, 0.1) is 17.7 Å². The van der Waals surface area contributed by atoms with Crippen LogP contribution in [-0.2, 0) is 19.1 Å². The van der Waals surface area contributed by atoms with Crippen LogP contribution in [-0.4, -0.2) is 97.7 Å². The second-order valence-corrected chi connectivity index (χ2v) is 19.5. The molecule has 2 aromatic carbocycles. The first-order valence-electron chi connectivity index (χ1n) is 23.0. The van der Waals surface area contributed by atoms with Crippen LogP contribution in [0.25, 0.3) is 50.2 Å². The first-order chi connectivity index (χ1) is 32.6. The Morgan fingerprint density at radius 3 is 1.91 bits per heavy atom. The largest absolute Gasteiger partial charge is 0.464 e. The van der Waals surface area contributed by atoms with Gasteiger partial charge in [-0.05, 0) is 92.5 Å². The number of benzene rings is 2. The fourth-order valence-corrected chi connectivity index (χ4v) is 10.6. The molecule has 18 heteroatoms. The van der Waals surface area contributed by atoms with Gasteiger partial charge in [0.25, 0.3) is 0 Å². The first kappa shape index (κ1) is 46.2. The van der Waals surface area contributed by atoms with E-state index in [1.165, 1.54) is 20.3 Å². The van der Waals surface area contributed by atoms with Crippen LogP contribution in [0.2, 0.25) is 0 Å². The monoisotopic (exact) mass is 945 g/mol. The van der Waals surface area contributed by atoms with Crippen molar-refractivity contribution in [2.75, 3.05) is 27.3 Å². The Balaban J connectivity index is 1.04. The molecule has 6 aromatic rings. The van der Waals surface area contributed by atoms with Crippen LogP contribution in [0.15, 0.2) is 67.5 Å². The minimum absolute atomic E-state index is 0.156. The van der Waals surface area contributed by atoms with Gasteiger partial charge in [-0.1, -0.05) is 40.3 Å². The van der Waals surface area contributed by atoms with Crippen LogP contribution in [0.1, 0.15) is 100 Å². The zero-order valence-corrected chi connectivity index (χ0v) is 40.0. The van der Waals surface area contributed by atoms with Gasteiger partial charge < -0.3 is 44.6 Å². The standard InChI is InChI=1S/C50H56FN9O7S/c1-25(2)39-15-16-40(68-39)48-60-34-14-13-28(32-23-52-44(54-32)35-11-9-17-58(35)46(61)42(26(3)4)56-49(63)65-7)19-30(34)21-37(60)41-31(51)20-29(22-38(41)67-48)33-24-53-45(55-33)36-12-10-18-59(36)47(62)43(27(5)6)57-50(64)66-8/h13-16,19-24,26-27,35-36,42-43,48H,1,9-12,17-18H2,2-8H3,(H,52,54)(H,53,55)(H,56,63)(H,57,64)/t35-,36-,42?,43?,48?/m0/s1. The maximum absolute atomic E-state index is 16.9. The Morgan fingerprint density at radius 2 is 1.38 bits per heavy atom. The van der Waals surface area contributed by atoms with Crippen molar-refractivity contribution in [1.82, 2.24) is 44.9 Å². The van der Waals surface area contributed by atoms with Crippen LogP contribution >= 0.6 is 11.3 Å². The molecular formula is C50H56FN9O7S. The third-order valence-electron chi connectivity index (χ3n) is 13.2. The van der Waals surface area contributed by atoms with E-state index in [-0.39, 0.29) is 35.7 Å². The number of halogens is 1. The summed E-state index contributed by atoms with van der Waals surface area (Å²) in [5.41, 5.74) is 5.43. The van der Waals surface area contributed by atoms with Gasteiger partial charge in [-0.3, -0.25) is 14.2 Å². The number of nitrogens with one attached hydrogen (secondary N) is 4. The topological polar surface area (TPSA) is 189 Å². The summed E-state index contributed by atoms with van der Waals surface area (Å²) < 4.78 is 35.4. The van der Waals surface area contributed by atoms with Crippen molar-refractivity contribution in [2.24, 2.45) is 11.8 Å². The molecule has 9 rings (SSSR count). The summed E-state index contributed by atoms with van der Waals surface area (Å²) in [6.07, 6.45) is 4.38. The smallest absolute Gasteiger partial charge is 0.407 e. The van der Waals surface area contributed by atoms with Crippen LogP contribution < -0.4 is 15.4 Å². The molecule has 2 fully saturated rings. The zero-order valence-electron chi connectivity index (χ0n) is 39.1. The second-order valence-electron chi connectivity index (χ2n) is 18.4. The number of hydrogen-bond donors (Lipinski definition) is 4. The number of aromatic nitrogens is 5. The highest BCUT2D eigenvalue weighted by Crippen LogP contribution is 2.49. The van der Waals surface area contributed by atoms with E-state index in [0.29, 0.717) is 59.4 Å². The van der Waals surface area contributed by atoms with Crippen molar-refractivity contribution in [3.05, 3.63) is 94.7 Å². The number of thiophene rings is 1. The molecule has 4 amide bonds. The normalized spacial score (nSPS) is 18.6. The number of hydrogen-bond acceptors (Lipinski definition) is 10. The molecule has 4 aromatic heterocycles. The van der Waals surface area contributed by atoms with E-state index in [0.717, 1.165) is 56.8 Å². The number of H-pyrrole nitrogens is 2. The molecule has 0 saturated carbocycles. The van der Waals surface area contributed by atoms with Crippen molar-refractivity contribution in [2.45, 2.75) is 90.7 Å². The molecule has 5 atom stereocenters. The fourth-order valence-electron chi connectivity index (χ4n) is 9.69. The lowest BCUT2D eigenvalue weighted by molar-refractivity contribution is -0.136. The Bertz CT molecular complexity index is 2930. The maximum atomic E-state index is 16.9. The minimum atomic E-state index is -0.776. The number of carbonyl (C=O) groups is 4. The quantitative estimate of drug-likeness (QED) is 0.0927. The molecule has 0 aliphatic carbocycles. The molecule has 2 saturated heterocycles. The summed E-state index contributed by atoms with van der Waals surface area (Å²) in [7, 11) is 2.54. The number of imidazole rings is 2. The van der Waals surface area contributed by atoms with E-state index >= 15 is 4.39 Å². The third-order valence-corrected chi connectivity index (χ3v) is 14.5. The van der Waals surface area contributed by atoms with E-state index in [4.69, 9.17) is 24.2 Å². The van der Waals surface area contributed by atoms with Crippen molar-refractivity contribution >= 4 is 51.8 Å². The lowest BCUT2D eigenvalue weighted by Gasteiger charge is -2.30. The third kappa shape index (κ3) is 8.49. The SMILES string of the molecule is C=C(C)c1ccc(C2Oc3cc(-c4cnc([C@@H]5CCCN5C(=O)C(NC(=O)OC)C(C)C)[nH]4)cc(F)c3-c3cc4cc(-c5cnc([C@@H]6CCCN6C(=O)C(NC(=O)OC)C(C)C)[nH]5)ccc4n32)s1. The predicted octanol–water partition coefficient (Wildman–Crippen LogP) is 9.35. The van der Waals surface area contributed by atoms with Crippen molar-refractivity contribution in [1.29, 1.82) is 0 Å². The van der Waals surface area contributed by atoms with Crippen LogP contribution in [0.4, 0.5) is 14.0 Å².